The maximum absolute atomic E-state index is 13.8. The van der Waals surface area contributed by atoms with Crippen molar-refractivity contribution in [3.63, 3.8) is 0 Å². The van der Waals surface area contributed by atoms with Crippen LogP contribution in [0, 0.1) is 12.7 Å². The monoisotopic (exact) mass is 336 g/mol. The van der Waals surface area contributed by atoms with Gasteiger partial charge in [-0.25, -0.2) is 9.18 Å². The Kier molecular flexibility index (Phi) is 6.31. The number of rotatable bonds is 9. The third-order valence-electron chi connectivity index (χ3n) is 3.42. The molecular formula is C17H21FN2O4. The van der Waals surface area contributed by atoms with Gasteiger partial charge in [-0.15, -0.1) is 0 Å². The Labute approximate surface area is 139 Å². The average Bonchev–Trinajstić information content (AvgIpc) is 2.91. The molecule has 2 rings (SSSR count). The van der Waals surface area contributed by atoms with Gasteiger partial charge in [-0.2, -0.15) is 4.98 Å². The van der Waals surface area contributed by atoms with Crippen molar-refractivity contribution in [3.8, 4) is 17.3 Å². The summed E-state index contributed by atoms with van der Waals surface area (Å²) in [5, 5.41) is 8.85. The Hall–Kier alpha value is -2.41. The van der Waals surface area contributed by atoms with E-state index in [1.165, 1.54) is 12.1 Å². The predicted molar refractivity (Wildman–Crippen MR) is 86.9 cm³/mol. The SMILES string of the molecule is CCCCOCCOc1nc(-c2ccc(C(=O)O)c(F)c2)[nH]c1C. The van der Waals surface area contributed by atoms with Crippen molar-refractivity contribution in [2.24, 2.45) is 0 Å². The van der Waals surface area contributed by atoms with Crippen molar-refractivity contribution < 1.29 is 23.8 Å². The van der Waals surface area contributed by atoms with Gasteiger partial charge < -0.3 is 19.6 Å². The highest BCUT2D eigenvalue weighted by Gasteiger charge is 2.14. The molecule has 0 unspecified atom stereocenters. The third kappa shape index (κ3) is 4.55. The zero-order valence-electron chi connectivity index (χ0n) is 13.8. The summed E-state index contributed by atoms with van der Waals surface area (Å²) in [6.45, 7) is 5.46. The number of H-pyrrole nitrogens is 1. The van der Waals surface area contributed by atoms with E-state index in [-0.39, 0.29) is 5.56 Å². The van der Waals surface area contributed by atoms with E-state index in [0.717, 1.165) is 18.9 Å². The largest absolute Gasteiger partial charge is 0.478 e. The molecule has 0 aliphatic heterocycles. The molecule has 1 heterocycles. The molecule has 2 N–H and O–H groups in total. The number of carboxylic acid groups (broad SMARTS) is 1. The van der Waals surface area contributed by atoms with Crippen LogP contribution in [0.4, 0.5) is 4.39 Å². The molecule has 0 atom stereocenters. The fraction of sp³-hybridized carbons (Fsp3) is 0.412. The minimum Gasteiger partial charge on any atom is -0.478 e. The smallest absolute Gasteiger partial charge is 0.338 e. The summed E-state index contributed by atoms with van der Waals surface area (Å²) in [4.78, 5) is 18.1. The number of carbonyl (C=O) groups is 1. The molecule has 0 spiro atoms. The second kappa shape index (κ2) is 8.44. The van der Waals surface area contributed by atoms with Crippen LogP contribution in [-0.4, -0.2) is 40.9 Å². The van der Waals surface area contributed by atoms with Gasteiger partial charge in [-0.1, -0.05) is 19.4 Å². The maximum Gasteiger partial charge on any atom is 0.338 e. The lowest BCUT2D eigenvalue weighted by Gasteiger charge is -2.04. The summed E-state index contributed by atoms with van der Waals surface area (Å²) >= 11 is 0. The summed E-state index contributed by atoms with van der Waals surface area (Å²) in [6.07, 6.45) is 2.10. The van der Waals surface area contributed by atoms with Gasteiger partial charge in [0.05, 0.1) is 17.9 Å². The average molecular weight is 336 g/mol. The molecule has 130 valence electrons. The molecular weight excluding hydrogens is 315 g/mol. The fourth-order valence-corrected chi connectivity index (χ4v) is 2.10. The molecule has 0 amide bonds. The first-order valence-corrected chi connectivity index (χ1v) is 7.83. The van der Waals surface area contributed by atoms with Gasteiger partial charge >= 0.3 is 5.97 Å². The molecule has 0 bridgehead atoms. The molecule has 1 aromatic carbocycles. The predicted octanol–water partition coefficient (Wildman–Crippen LogP) is 3.42. The first kappa shape index (κ1) is 17.9. The molecule has 0 fully saturated rings. The van der Waals surface area contributed by atoms with Crippen molar-refractivity contribution in [1.82, 2.24) is 9.97 Å². The van der Waals surface area contributed by atoms with Crippen LogP contribution in [0.3, 0.4) is 0 Å². The summed E-state index contributed by atoms with van der Waals surface area (Å²) in [7, 11) is 0. The number of nitrogens with zero attached hydrogens (tertiary/aromatic N) is 1. The molecule has 0 aliphatic carbocycles. The van der Waals surface area contributed by atoms with Gasteiger partial charge in [-0.3, -0.25) is 0 Å². The molecule has 0 saturated heterocycles. The van der Waals surface area contributed by atoms with Gasteiger partial charge in [0.2, 0.25) is 5.88 Å². The second-order valence-corrected chi connectivity index (χ2v) is 5.33. The number of hydrogen-bond acceptors (Lipinski definition) is 4. The number of unbranched alkanes of at least 4 members (excludes halogenated alkanes) is 1. The number of aromatic carboxylic acids is 1. The zero-order valence-corrected chi connectivity index (χ0v) is 13.8. The first-order chi connectivity index (χ1) is 11.5. The molecule has 0 saturated carbocycles. The van der Waals surface area contributed by atoms with Crippen LogP contribution >= 0.6 is 0 Å². The highest BCUT2D eigenvalue weighted by atomic mass is 19.1. The van der Waals surface area contributed by atoms with Crippen molar-refractivity contribution in [2.75, 3.05) is 19.8 Å². The van der Waals surface area contributed by atoms with Crippen molar-refractivity contribution in [1.29, 1.82) is 0 Å². The van der Waals surface area contributed by atoms with Crippen LogP contribution in [0.25, 0.3) is 11.4 Å². The fourth-order valence-electron chi connectivity index (χ4n) is 2.10. The van der Waals surface area contributed by atoms with E-state index < -0.39 is 11.8 Å². The van der Waals surface area contributed by atoms with E-state index in [1.807, 2.05) is 0 Å². The minimum absolute atomic E-state index is 0.372. The van der Waals surface area contributed by atoms with Gasteiger partial charge in [0.25, 0.3) is 0 Å². The van der Waals surface area contributed by atoms with Crippen LogP contribution < -0.4 is 4.74 Å². The Bertz CT molecular complexity index is 700. The molecule has 2 aromatic rings. The van der Waals surface area contributed by atoms with Crippen LogP contribution in [-0.2, 0) is 4.74 Å². The lowest BCUT2D eigenvalue weighted by atomic mass is 10.1. The molecule has 7 heteroatoms. The van der Waals surface area contributed by atoms with E-state index in [1.54, 1.807) is 6.92 Å². The summed E-state index contributed by atoms with van der Waals surface area (Å²) in [5.74, 6) is -1.26. The highest BCUT2D eigenvalue weighted by Crippen LogP contribution is 2.24. The summed E-state index contributed by atoms with van der Waals surface area (Å²) in [5.41, 5.74) is 0.790. The third-order valence-corrected chi connectivity index (χ3v) is 3.42. The number of nitrogens with one attached hydrogen (secondary N) is 1. The number of carboxylic acids is 1. The van der Waals surface area contributed by atoms with Crippen molar-refractivity contribution in [3.05, 3.63) is 35.3 Å². The molecule has 6 nitrogen and oxygen atoms in total. The number of ether oxygens (including phenoxy) is 2. The van der Waals surface area contributed by atoms with Crippen molar-refractivity contribution in [2.45, 2.75) is 26.7 Å². The number of hydrogen-bond donors (Lipinski definition) is 2. The minimum atomic E-state index is -1.30. The summed E-state index contributed by atoms with van der Waals surface area (Å²) in [6, 6.07) is 3.86. The van der Waals surface area contributed by atoms with Gasteiger partial charge in [0.15, 0.2) is 0 Å². The molecule has 1 aromatic heterocycles. The van der Waals surface area contributed by atoms with Gasteiger partial charge in [0, 0.05) is 12.2 Å². The van der Waals surface area contributed by atoms with Crippen LogP contribution in [0.15, 0.2) is 18.2 Å². The Balaban J connectivity index is 2.00. The van der Waals surface area contributed by atoms with E-state index >= 15 is 0 Å². The van der Waals surface area contributed by atoms with E-state index in [2.05, 4.69) is 16.9 Å². The van der Waals surface area contributed by atoms with Crippen LogP contribution in [0.1, 0.15) is 35.8 Å². The topological polar surface area (TPSA) is 84.4 Å². The number of aromatic nitrogens is 2. The number of imidazole rings is 1. The Morgan fingerprint density at radius 1 is 1.33 bits per heavy atom. The Morgan fingerprint density at radius 2 is 2.12 bits per heavy atom. The number of benzene rings is 1. The molecule has 0 aliphatic rings. The quantitative estimate of drug-likeness (QED) is 0.686. The Morgan fingerprint density at radius 3 is 2.79 bits per heavy atom. The van der Waals surface area contributed by atoms with Crippen LogP contribution in [0.5, 0.6) is 5.88 Å². The van der Waals surface area contributed by atoms with E-state index in [0.29, 0.717) is 42.8 Å². The second-order valence-electron chi connectivity index (χ2n) is 5.33. The normalized spacial score (nSPS) is 10.8. The van der Waals surface area contributed by atoms with Crippen LogP contribution in [0.2, 0.25) is 0 Å². The standard InChI is InChI=1S/C17H21FN2O4/c1-3-4-7-23-8-9-24-16-11(2)19-15(20-16)12-5-6-13(17(21)22)14(18)10-12/h5-6,10H,3-4,7-9H2,1-2H3,(H,19,20)(H,21,22). The number of aromatic amines is 1. The molecule has 24 heavy (non-hydrogen) atoms. The highest BCUT2D eigenvalue weighted by molar-refractivity contribution is 5.88. The van der Waals surface area contributed by atoms with Crippen molar-refractivity contribution >= 4 is 5.97 Å². The molecule has 0 radical (unpaired) electrons. The zero-order chi connectivity index (χ0) is 17.5. The number of aryl methyl sites for hydroxylation is 1. The van der Waals surface area contributed by atoms with Gasteiger partial charge in [0.1, 0.15) is 18.2 Å². The van der Waals surface area contributed by atoms with E-state index in [4.69, 9.17) is 14.6 Å². The van der Waals surface area contributed by atoms with E-state index in [9.17, 15) is 9.18 Å². The van der Waals surface area contributed by atoms with Gasteiger partial charge in [-0.05, 0) is 25.5 Å². The number of halogens is 1. The summed E-state index contributed by atoms with van der Waals surface area (Å²) < 4.78 is 24.7. The lowest BCUT2D eigenvalue weighted by molar-refractivity contribution is 0.0692. The first-order valence-electron chi connectivity index (χ1n) is 7.83. The lowest BCUT2D eigenvalue weighted by Crippen LogP contribution is -2.08. The maximum atomic E-state index is 13.8.